The Morgan fingerprint density at radius 1 is 1.07 bits per heavy atom. The maximum Gasteiger partial charge on any atom is 0.323 e. The van der Waals surface area contributed by atoms with Crippen molar-refractivity contribution in [2.24, 2.45) is 0 Å². The number of amides is 2. The van der Waals surface area contributed by atoms with Crippen LogP contribution in [-0.2, 0) is 20.9 Å². The molecule has 0 aromatic heterocycles. The maximum atomic E-state index is 13.3. The predicted molar refractivity (Wildman–Crippen MR) is 115 cm³/mol. The van der Waals surface area contributed by atoms with E-state index < -0.39 is 18.4 Å². The molecule has 8 heteroatoms. The quantitative estimate of drug-likeness (QED) is 0.600. The van der Waals surface area contributed by atoms with Crippen LogP contribution < -0.4 is 4.90 Å². The van der Waals surface area contributed by atoms with Crippen molar-refractivity contribution < 1.29 is 19.5 Å². The van der Waals surface area contributed by atoms with Gasteiger partial charge in [-0.1, -0.05) is 72.0 Å². The topological polar surface area (TPSA) is 77.9 Å². The second kappa shape index (κ2) is 7.46. The van der Waals surface area contributed by atoms with Crippen molar-refractivity contribution in [2.45, 2.75) is 13.5 Å². The van der Waals surface area contributed by atoms with Crippen molar-refractivity contribution in [2.75, 3.05) is 11.4 Å². The highest BCUT2D eigenvalue weighted by atomic mass is 32.2. The summed E-state index contributed by atoms with van der Waals surface area (Å²) >= 11 is 6.16. The van der Waals surface area contributed by atoms with Crippen molar-refractivity contribution in [3.8, 4) is 0 Å². The predicted octanol–water partition coefficient (Wildman–Crippen LogP) is 3.20. The van der Waals surface area contributed by atoms with Crippen LogP contribution in [0.5, 0.6) is 0 Å². The molecule has 2 aromatic carbocycles. The van der Waals surface area contributed by atoms with E-state index in [-0.39, 0.29) is 20.7 Å². The second-order valence-electron chi connectivity index (χ2n) is 6.75. The molecule has 1 N–H and O–H groups in total. The summed E-state index contributed by atoms with van der Waals surface area (Å²) in [5.74, 6) is -1.99. The Morgan fingerprint density at radius 3 is 2.55 bits per heavy atom. The molecule has 4 rings (SSSR count). The van der Waals surface area contributed by atoms with Crippen LogP contribution in [0.2, 0.25) is 0 Å². The van der Waals surface area contributed by atoms with E-state index in [9.17, 15) is 14.4 Å². The highest BCUT2D eigenvalue weighted by molar-refractivity contribution is 8.26. The molecule has 2 aromatic rings. The lowest BCUT2D eigenvalue weighted by Crippen LogP contribution is -2.33. The number of thioether (sulfide) groups is 1. The molecule has 2 aliphatic rings. The Balaban J connectivity index is 1.77. The van der Waals surface area contributed by atoms with Gasteiger partial charge in [-0.15, -0.1) is 0 Å². The molecule has 1 fully saturated rings. The molecule has 0 bridgehead atoms. The van der Waals surface area contributed by atoms with Gasteiger partial charge in [0.2, 0.25) is 0 Å². The van der Waals surface area contributed by atoms with Crippen LogP contribution in [0.4, 0.5) is 5.69 Å². The summed E-state index contributed by atoms with van der Waals surface area (Å²) in [6.07, 6.45) is 0. The molecule has 6 nitrogen and oxygen atoms in total. The Kier molecular flexibility index (Phi) is 4.97. The first-order valence-corrected chi connectivity index (χ1v) is 10.1. The second-order valence-corrected chi connectivity index (χ2v) is 8.40. The first kappa shape index (κ1) is 19.4. The van der Waals surface area contributed by atoms with Crippen LogP contribution in [0.3, 0.4) is 0 Å². The van der Waals surface area contributed by atoms with Crippen LogP contribution in [0, 0.1) is 6.92 Å². The summed E-state index contributed by atoms with van der Waals surface area (Å²) in [7, 11) is 0. The molecule has 29 heavy (non-hydrogen) atoms. The zero-order valence-corrected chi connectivity index (χ0v) is 17.0. The van der Waals surface area contributed by atoms with Gasteiger partial charge in [-0.25, -0.2) is 0 Å². The van der Waals surface area contributed by atoms with E-state index >= 15 is 0 Å². The molecule has 0 unspecified atom stereocenters. The zero-order chi connectivity index (χ0) is 20.7. The molecule has 0 saturated carbocycles. The number of carboxylic acid groups (broad SMARTS) is 1. The molecule has 1 saturated heterocycles. The fourth-order valence-electron chi connectivity index (χ4n) is 3.47. The number of hydrogen-bond donors (Lipinski definition) is 1. The summed E-state index contributed by atoms with van der Waals surface area (Å²) in [4.78, 5) is 40.1. The van der Waals surface area contributed by atoms with Gasteiger partial charge in [-0.3, -0.25) is 19.3 Å². The summed E-state index contributed by atoms with van der Waals surface area (Å²) in [6.45, 7) is 1.84. The number of aliphatic carboxylic acids is 1. The lowest BCUT2D eigenvalue weighted by Gasteiger charge is -2.17. The first-order valence-electron chi connectivity index (χ1n) is 8.83. The SMILES string of the molecule is Cc1cccc(CN2C(=O)C(=C3SC(=S)N(CC(=O)O)C3=O)c3ccccc32)c1. The van der Waals surface area contributed by atoms with Crippen molar-refractivity contribution in [1.82, 2.24) is 4.90 Å². The maximum absolute atomic E-state index is 13.3. The smallest absolute Gasteiger partial charge is 0.323 e. The number of thiocarbonyl (C=S) groups is 1. The van der Waals surface area contributed by atoms with Gasteiger partial charge in [0.1, 0.15) is 10.9 Å². The molecule has 0 aliphatic carbocycles. The summed E-state index contributed by atoms with van der Waals surface area (Å²) in [6, 6.07) is 15.2. The normalized spacial score (nSPS) is 18.6. The third-order valence-electron chi connectivity index (χ3n) is 4.72. The molecule has 0 radical (unpaired) electrons. The summed E-state index contributed by atoms with van der Waals surface area (Å²) < 4.78 is 0.141. The molecule has 2 amide bonds. The number of hydrogen-bond acceptors (Lipinski definition) is 5. The number of carbonyl (C=O) groups is 3. The van der Waals surface area contributed by atoms with Crippen molar-refractivity contribution in [3.63, 3.8) is 0 Å². The van der Waals surface area contributed by atoms with Crippen molar-refractivity contribution >= 4 is 57.3 Å². The Hall–Kier alpha value is -2.97. The largest absolute Gasteiger partial charge is 0.480 e. The fourth-order valence-corrected chi connectivity index (χ4v) is 4.80. The molecule has 0 atom stereocenters. The Labute approximate surface area is 176 Å². The minimum atomic E-state index is -1.16. The summed E-state index contributed by atoms with van der Waals surface area (Å²) in [5, 5.41) is 9.05. The first-order chi connectivity index (χ1) is 13.9. The Bertz CT molecular complexity index is 1110. The Morgan fingerprint density at radius 2 is 1.83 bits per heavy atom. The zero-order valence-electron chi connectivity index (χ0n) is 15.4. The van der Waals surface area contributed by atoms with Gasteiger partial charge < -0.3 is 10.0 Å². The van der Waals surface area contributed by atoms with E-state index in [1.54, 1.807) is 17.0 Å². The van der Waals surface area contributed by atoms with E-state index in [1.807, 2.05) is 43.3 Å². The number of fused-ring (bicyclic) bond motifs is 1. The number of carboxylic acids is 1. The van der Waals surface area contributed by atoms with E-state index in [1.165, 1.54) is 0 Å². The van der Waals surface area contributed by atoms with E-state index in [2.05, 4.69) is 0 Å². The van der Waals surface area contributed by atoms with Gasteiger partial charge in [-0.2, -0.15) is 0 Å². The van der Waals surface area contributed by atoms with Gasteiger partial charge in [0, 0.05) is 5.56 Å². The molecular weight excluding hydrogens is 408 g/mol. The third kappa shape index (κ3) is 3.45. The van der Waals surface area contributed by atoms with E-state index in [4.69, 9.17) is 17.3 Å². The number of carbonyl (C=O) groups excluding carboxylic acids is 2. The molecular formula is C21H16N2O4S2. The molecule has 2 heterocycles. The minimum Gasteiger partial charge on any atom is -0.480 e. The number of anilines is 1. The lowest BCUT2D eigenvalue weighted by molar-refractivity contribution is -0.140. The number of nitrogens with zero attached hydrogens (tertiary/aromatic N) is 2. The average Bonchev–Trinajstić information content (AvgIpc) is 3.10. The number of benzene rings is 2. The monoisotopic (exact) mass is 424 g/mol. The van der Waals surface area contributed by atoms with Crippen molar-refractivity contribution in [1.29, 1.82) is 0 Å². The van der Waals surface area contributed by atoms with Gasteiger partial charge >= 0.3 is 5.97 Å². The highest BCUT2D eigenvalue weighted by Gasteiger charge is 2.42. The van der Waals surface area contributed by atoms with Gasteiger partial charge in [0.25, 0.3) is 11.8 Å². The van der Waals surface area contributed by atoms with Crippen LogP contribution >= 0.6 is 24.0 Å². The molecule has 2 aliphatic heterocycles. The van der Waals surface area contributed by atoms with E-state index in [0.717, 1.165) is 33.5 Å². The number of rotatable bonds is 4. The van der Waals surface area contributed by atoms with Gasteiger partial charge in [-0.05, 0) is 18.6 Å². The average molecular weight is 425 g/mol. The standard InChI is InChI=1S/C21H16N2O4S2/c1-12-5-4-6-13(9-12)10-22-15-8-3-2-7-14(15)17(19(22)26)18-20(27)23(11-16(24)25)21(28)29-18/h2-9H,10-11H2,1H3,(H,24,25). The van der Waals surface area contributed by atoms with Crippen molar-refractivity contribution in [3.05, 3.63) is 70.1 Å². The molecule has 146 valence electrons. The number of aryl methyl sites for hydroxylation is 1. The minimum absolute atomic E-state index is 0.141. The highest BCUT2D eigenvalue weighted by Crippen LogP contribution is 2.44. The lowest BCUT2D eigenvalue weighted by atomic mass is 10.1. The van der Waals surface area contributed by atoms with Gasteiger partial charge in [0.05, 0.1) is 22.7 Å². The number of para-hydroxylation sites is 1. The van der Waals surface area contributed by atoms with E-state index in [0.29, 0.717) is 12.1 Å². The van der Waals surface area contributed by atoms with Crippen LogP contribution in [0.15, 0.2) is 53.4 Å². The van der Waals surface area contributed by atoms with Gasteiger partial charge in [0.15, 0.2) is 0 Å². The van der Waals surface area contributed by atoms with Crippen LogP contribution in [0.1, 0.15) is 16.7 Å². The fraction of sp³-hybridized carbons (Fsp3) is 0.143. The van der Waals surface area contributed by atoms with Crippen LogP contribution in [0.25, 0.3) is 5.57 Å². The third-order valence-corrected chi connectivity index (χ3v) is 6.16. The summed E-state index contributed by atoms with van der Waals surface area (Å²) in [5.41, 5.74) is 3.72. The molecule has 0 spiro atoms. The van der Waals surface area contributed by atoms with Crippen LogP contribution in [-0.4, -0.2) is 38.7 Å².